The number of nitrogens with zero attached hydrogens (tertiary/aromatic N) is 4. The number of thioether (sulfide) groups is 1. The van der Waals surface area contributed by atoms with Gasteiger partial charge < -0.3 is 48.5 Å². The van der Waals surface area contributed by atoms with Gasteiger partial charge in [0.05, 0.1) is 36.5 Å². The summed E-state index contributed by atoms with van der Waals surface area (Å²) < 4.78 is 29.4. The molecule has 5 fully saturated rings. The Balaban J connectivity index is 0.985. The number of hydrogen-bond donors (Lipinski definition) is 3. The fourth-order valence-corrected chi connectivity index (χ4v) is 11.8. The van der Waals surface area contributed by atoms with Gasteiger partial charge in [-0.3, -0.25) is 34.2 Å². The lowest BCUT2D eigenvalue weighted by Gasteiger charge is -2.42. The third-order valence-electron chi connectivity index (χ3n) is 15.3. The number of halogens is 1. The molecule has 74 heavy (non-hydrogen) atoms. The van der Waals surface area contributed by atoms with Gasteiger partial charge in [0.15, 0.2) is 12.0 Å². The second-order valence-corrected chi connectivity index (χ2v) is 22.1. The number of esters is 1. The standard InChI is InChI=1S/C51H68ClN5O16S/c1-27-10-9-11-37(69-8)51(67)25-35(70-49(66)53-51)28(2)45-50(4,72-45)38(24-42(61)55(6)33-21-31(20-27)22-34(68-7)44(33)52)71-47(64)29(3)54(5)39(58)18-19-74-36-23-43(62)56(46(36)63)26-30-12-14-32(15-13-30)48(65)73-57-40(59)16-17-41(57)60/h9-11,21-22,28-30,32,35-38,40,45,59,67H,12-20,23-26H2,1-8H3,(H,53,66)/b11-9+,27-10+/t28-,29+,30-,32-,35+,36-,37-,38+,40?,45+,50+,51+/m1/s1. The van der Waals surface area contributed by atoms with E-state index in [1.807, 2.05) is 13.0 Å². The number of hydrogen-bond acceptors (Lipinski definition) is 17. The number of imide groups is 1. The lowest BCUT2D eigenvalue weighted by molar-refractivity contribution is -0.224. The van der Waals surface area contributed by atoms with Crippen LogP contribution in [0.2, 0.25) is 5.02 Å². The van der Waals surface area contributed by atoms with Crippen molar-refractivity contribution in [2.45, 2.75) is 152 Å². The van der Waals surface area contributed by atoms with E-state index in [0.717, 1.165) is 16.2 Å². The van der Waals surface area contributed by atoms with E-state index in [1.54, 1.807) is 45.2 Å². The molecule has 4 bridgehead atoms. The number of methoxy groups -OCH3 is 2. The quantitative estimate of drug-likeness (QED) is 0.143. The number of likely N-dealkylation sites (tertiary alicyclic amines) is 1. The van der Waals surface area contributed by atoms with Crippen LogP contribution in [0.5, 0.6) is 5.75 Å². The van der Waals surface area contributed by atoms with Crippen molar-refractivity contribution < 1.29 is 77.1 Å². The second-order valence-electron chi connectivity index (χ2n) is 20.4. The van der Waals surface area contributed by atoms with Crippen LogP contribution < -0.4 is 15.0 Å². The Bertz CT molecular complexity index is 2430. The maximum Gasteiger partial charge on any atom is 0.409 e. The Kier molecular flexibility index (Phi) is 17.8. The molecule has 406 valence electrons. The number of anilines is 1. The van der Waals surface area contributed by atoms with E-state index in [0.29, 0.717) is 43.5 Å². The average Bonchev–Trinajstić information content (AvgIpc) is 3.87. The third-order valence-corrected chi connectivity index (χ3v) is 16.9. The van der Waals surface area contributed by atoms with E-state index in [1.165, 1.54) is 54.7 Å². The largest absolute Gasteiger partial charge is 0.495 e. The minimum atomic E-state index is -1.89. The fraction of sp³-hybridized carbons (Fsp3) is 0.647. The molecule has 7 rings (SSSR count). The van der Waals surface area contributed by atoms with Gasteiger partial charge >= 0.3 is 18.0 Å². The molecule has 6 aliphatic rings. The van der Waals surface area contributed by atoms with Gasteiger partial charge in [-0.2, -0.15) is 0 Å². The van der Waals surface area contributed by atoms with Crippen molar-refractivity contribution in [2.24, 2.45) is 17.8 Å². The van der Waals surface area contributed by atoms with Crippen LogP contribution in [0.4, 0.5) is 10.5 Å². The summed E-state index contributed by atoms with van der Waals surface area (Å²) in [5.41, 5.74) is -1.22. The number of aliphatic hydroxyl groups excluding tert-OH is 1. The molecule has 23 heteroatoms. The molecule has 1 aliphatic carbocycles. The molecule has 1 unspecified atom stereocenters. The molecule has 1 aromatic rings. The zero-order valence-electron chi connectivity index (χ0n) is 43.0. The summed E-state index contributed by atoms with van der Waals surface area (Å²) in [4.78, 5) is 115. The third kappa shape index (κ3) is 12.4. The number of carbonyl (C=O) groups is 8. The molecular weight excluding hydrogens is 1010 g/mol. The van der Waals surface area contributed by atoms with Gasteiger partial charge in [0, 0.05) is 71.5 Å². The number of alkyl carbamates (subject to hydrolysis) is 1. The predicted molar refractivity (Wildman–Crippen MR) is 267 cm³/mol. The van der Waals surface area contributed by atoms with Gasteiger partial charge in [0.2, 0.25) is 23.6 Å². The highest BCUT2D eigenvalue weighted by molar-refractivity contribution is 8.00. The summed E-state index contributed by atoms with van der Waals surface area (Å²) in [6.45, 7) is 7.02. The van der Waals surface area contributed by atoms with E-state index in [-0.39, 0.29) is 67.2 Å². The van der Waals surface area contributed by atoms with Crippen LogP contribution in [0, 0.1) is 17.8 Å². The molecule has 5 heterocycles. The number of nitrogens with one attached hydrogen (secondary N) is 1. The molecule has 3 N–H and O–H groups in total. The van der Waals surface area contributed by atoms with Crippen molar-refractivity contribution in [3.63, 3.8) is 0 Å². The average molecular weight is 1070 g/mol. The summed E-state index contributed by atoms with van der Waals surface area (Å²) in [5.74, 6) is -4.12. The van der Waals surface area contributed by atoms with Crippen LogP contribution in [0.3, 0.4) is 0 Å². The molecule has 0 radical (unpaired) electrons. The number of benzene rings is 1. The second kappa shape index (κ2) is 23.3. The maximum atomic E-state index is 14.4. The first-order valence-electron chi connectivity index (χ1n) is 25.0. The summed E-state index contributed by atoms with van der Waals surface area (Å²) >= 11 is 7.99. The molecular formula is C51H68ClN5O16S. The summed E-state index contributed by atoms with van der Waals surface area (Å²) in [6, 6.07) is 2.37. The molecule has 6 amide bonds. The number of carbonyl (C=O) groups excluding carboxylic acids is 8. The highest BCUT2D eigenvalue weighted by atomic mass is 35.5. The number of aliphatic hydroxyl groups is 2. The Morgan fingerprint density at radius 1 is 1.04 bits per heavy atom. The van der Waals surface area contributed by atoms with Crippen molar-refractivity contribution >= 4 is 76.6 Å². The Morgan fingerprint density at radius 2 is 1.76 bits per heavy atom. The Morgan fingerprint density at radius 3 is 2.42 bits per heavy atom. The zero-order chi connectivity index (χ0) is 54.0. The Hall–Kier alpha value is -5.26. The number of hydroxylamine groups is 2. The van der Waals surface area contributed by atoms with E-state index in [9.17, 15) is 48.6 Å². The predicted octanol–water partition coefficient (Wildman–Crippen LogP) is 3.97. The molecule has 1 saturated carbocycles. The van der Waals surface area contributed by atoms with E-state index >= 15 is 0 Å². The van der Waals surface area contributed by atoms with E-state index in [4.69, 9.17) is 40.1 Å². The molecule has 21 nitrogen and oxygen atoms in total. The van der Waals surface area contributed by atoms with Crippen molar-refractivity contribution in [1.82, 2.24) is 20.2 Å². The van der Waals surface area contributed by atoms with Crippen molar-refractivity contribution in [3.8, 4) is 5.75 Å². The van der Waals surface area contributed by atoms with Gasteiger partial charge in [-0.05, 0) is 76.5 Å². The number of likely N-dealkylation sites (N-methyl/N-ethyl adjacent to an activating group) is 1. The van der Waals surface area contributed by atoms with Crippen molar-refractivity contribution in [1.29, 1.82) is 0 Å². The smallest absolute Gasteiger partial charge is 0.409 e. The fourth-order valence-electron chi connectivity index (χ4n) is 10.4. The maximum absolute atomic E-state index is 14.4. The normalized spacial score (nSPS) is 33.2. The van der Waals surface area contributed by atoms with Gasteiger partial charge in [-0.1, -0.05) is 42.3 Å². The lowest BCUT2D eigenvalue weighted by Crippen LogP contribution is -2.63. The summed E-state index contributed by atoms with van der Waals surface area (Å²) in [5, 5.41) is 24.5. The highest BCUT2D eigenvalue weighted by Crippen LogP contribution is 2.49. The number of fused-ring (bicyclic) bond motifs is 5. The minimum Gasteiger partial charge on any atom is -0.495 e. The Labute approximate surface area is 439 Å². The first-order valence-corrected chi connectivity index (χ1v) is 26.4. The SMILES string of the molecule is COc1cc2cc(c1Cl)N(C)C(=O)C[C@H](OC(=O)[C@H](C)N(C)C(=O)CCS[C@@H]1CC(=O)N(C[C@H]3CC[C@H](C(=O)ON4C(=O)CCC4O)CC3)C1=O)[C@]1(C)O[C@H]1[C@H](C)[C@@H]1C[C@@](O)(NC(=O)O1)[C@H](OC)/C=C/C=C(\C)C2. The highest BCUT2D eigenvalue weighted by Gasteiger charge is 2.64. The summed E-state index contributed by atoms with van der Waals surface area (Å²) in [7, 11) is 5.85. The molecule has 4 saturated heterocycles. The van der Waals surface area contributed by atoms with Crippen LogP contribution in [0.1, 0.15) is 97.5 Å². The molecule has 0 spiro atoms. The van der Waals surface area contributed by atoms with Crippen LogP contribution in [-0.2, 0) is 63.8 Å². The topological polar surface area (TPSA) is 261 Å². The zero-order valence-corrected chi connectivity index (χ0v) is 44.6. The van der Waals surface area contributed by atoms with Crippen LogP contribution in [-0.4, -0.2) is 167 Å². The van der Waals surface area contributed by atoms with E-state index in [2.05, 4.69) is 5.32 Å². The number of allylic oxidation sites excluding steroid dienone is 3. The van der Waals surface area contributed by atoms with E-state index < -0.39 is 107 Å². The van der Waals surface area contributed by atoms with Crippen molar-refractivity contribution in [2.75, 3.05) is 45.5 Å². The number of amides is 6. The number of epoxide rings is 1. The number of rotatable bonds is 13. The molecule has 10 atom stereocenters. The molecule has 5 aliphatic heterocycles. The minimum absolute atomic E-state index is 0.0337. The molecule has 1 aromatic carbocycles. The van der Waals surface area contributed by atoms with Crippen LogP contribution >= 0.6 is 23.4 Å². The van der Waals surface area contributed by atoms with Crippen molar-refractivity contribution in [3.05, 3.63) is 46.5 Å². The lowest BCUT2D eigenvalue weighted by atomic mass is 9.82. The van der Waals surface area contributed by atoms with Gasteiger partial charge in [-0.15, -0.1) is 16.8 Å². The monoisotopic (exact) mass is 1070 g/mol. The van der Waals surface area contributed by atoms with Gasteiger partial charge in [0.1, 0.15) is 40.7 Å². The molecule has 0 aromatic heterocycles. The number of ether oxygens (including phenoxy) is 5. The van der Waals surface area contributed by atoms with Crippen LogP contribution in [0.25, 0.3) is 0 Å². The van der Waals surface area contributed by atoms with Gasteiger partial charge in [0.25, 0.3) is 5.91 Å². The van der Waals surface area contributed by atoms with Crippen LogP contribution in [0.15, 0.2) is 35.9 Å². The van der Waals surface area contributed by atoms with Gasteiger partial charge in [-0.25, -0.2) is 14.4 Å². The first-order chi connectivity index (χ1) is 35.0. The first kappa shape index (κ1) is 56.5. The summed E-state index contributed by atoms with van der Waals surface area (Å²) in [6.07, 6.45) is 1.31.